The van der Waals surface area contributed by atoms with Crippen LogP contribution in [-0.4, -0.2) is 30.5 Å². The van der Waals surface area contributed by atoms with E-state index in [0.717, 1.165) is 6.20 Å². The third kappa shape index (κ3) is 3.28. The van der Waals surface area contributed by atoms with E-state index in [1.54, 1.807) is 7.05 Å². The molecule has 0 aliphatic carbocycles. The average Bonchev–Trinajstić information content (AvgIpc) is 2.26. The van der Waals surface area contributed by atoms with E-state index in [9.17, 15) is 9.18 Å². The van der Waals surface area contributed by atoms with Crippen LogP contribution in [0.2, 0.25) is 0 Å². The Morgan fingerprint density at radius 3 is 3.00 bits per heavy atom. The summed E-state index contributed by atoms with van der Waals surface area (Å²) >= 11 is 0. The van der Waals surface area contributed by atoms with Gasteiger partial charge >= 0.3 is 0 Å². The van der Waals surface area contributed by atoms with Crippen LogP contribution in [-0.2, 0) is 0 Å². The molecular formula is C10H14FN3O. The Labute approximate surface area is 87.9 Å². The quantitative estimate of drug-likeness (QED) is 0.765. The molecule has 1 aromatic heterocycles. The number of likely N-dealkylation sites (N-methyl/N-ethyl adjacent to an activating group) is 1. The van der Waals surface area contributed by atoms with Gasteiger partial charge in [-0.15, -0.1) is 0 Å². The first-order valence-corrected chi connectivity index (χ1v) is 4.70. The van der Waals surface area contributed by atoms with E-state index in [4.69, 9.17) is 0 Å². The molecule has 1 aromatic rings. The van der Waals surface area contributed by atoms with Gasteiger partial charge in [0.05, 0.1) is 11.8 Å². The Bertz CT molecular complexity index is 343. The predicted molar refractivity (Wildman–Crippen MR) is 55.0 cm³/mol. The standard InChI is InChI=1S/C10H14FN3O/c1-7(12-2)5-14-10(15)8-3-4-13-6-9(8)11/h3-4,6-7,12H,5H2,1-2H3,(H,14,15). The number of rotatable bonds is 4. The van der Waals surface area contributed by atoms with E-state index in [-0.39, 0.29) is 11.6 Å². The molecule has 15 heavy (non-hydrogen) atoms. The molecule has 0 saturated carbocycles. The normalized spacial score (nSPS) is 12.2. The number of aromatic nitrogens is 1. The first-order chi connectivity index (χ1) is 7.15. The van der Waals surface area contributed by atoms with Crippen molar-refractivity contribution >= 4 is 5.91 Å². The van der Waals surface area contributed by atoms with Crippen LogP contribution in [0, 0.1) is 5.82 Å². The summed E-state index contributed by atoms with van der Waals surface area (Å²) in [5.74, 6) is -1.02. The summed E-state index contributed by atoms with van der Waals surface area (Å²) in [6.45, 7) is 2.38. The maximum absolute atomic E-state index is 13.1. The van der Waals surface area contributed by atoms with E-state index in [0.29, 0.717) is 6.54 Å². The van der Waals surface area contributed by atoms with E-state index < -0.39 is 11.7 Å². The molecule has 0 radical (unpaired) electrons. The number of nitrogens with one attached hydrogen (secondary N) is 2. The summed E-state index contributed by atoms with van der Waals surface area (Å²) < 4.78 is 13.1. The van der Waals surface area contributed by atoms with Gasteiger partial charge in [0, 0.05) is 18.8 Å². The van der Waals surface area contributed by atoms with Crippen LogP contribution < -0.4 is 10.6 Å². The smallest absolute Gasteiger partial charge is 0.254 e. The summed E-state index contributed by atoms with van der Waals surface area (Å²) in [7, 11) is 1.80. The van der Waals surface area contributed by atoms with Crippen molar-refractivity contribution in [2.75, 3.05) is 13.6 Å². The number of halogens is 1. The molecular weight excluding hydrogens is 197 g/mol. The minimum atomic E-state index is -0.605. The summed E-state index contributed by atoms with van der Waals surface area (Å²) in [4.78, 5) is 15.1. The van der Waals surface area contributed by atoms with E-state index in [1.807, 2.05) is 6.92 Å². The zero-order valence-corrected chi connectivity index (χ0v) is 8.75. The molecule has 1 amide bonds. The molecule has 0 aliphatic heterocycles. The predicted octanol–water partition coefficient (Wildman–Crippen LogP) is 0.558. The molecule has 82 valence electrons. The van der Waals surface area contributed by atoms with Crippen LogP contribution in [0.4, 0.5) is 4.39 Å². The summed E-state index contributed by atoms with van der Waals surface area (Å²) in [5, 5.41) is 5.59. The van der Waals surface area contributed by atoms with Crippen molar-refractivity contribution < 1.29 is 9.18 Å². The fraction of sp³-hybridized carbons (Fsp3) is 0.400. The summed E-state index contributed by atoms with van der Waals surface area (Å²) in [6, 6.07) is 1.51. The number of carbonyl (C=O) groups is 1. The highest BCUT2D eigenvalue weighted by Crippen LogP contribution is 2.03. The van der Waals surface area contributed by atoms with Crippen molar-refractivity contribution in [2.24, 2.45) is 0 Å². The Morgan fingerprint density at radius 1 is 1.67 bits per heavy atom. The molecule has 1 heterocycles. The lowest BCUT2D eigenvalue weighted by Crippen LogP contribution is -2.37. The highest BCUT2D eigenvalue weighted by atomic mass is 19.1. The first kappa shape index (κ1) is 11.6. The molecule has 0 spiro atoms. The van der Waals surface area contributed by atoms with Crippen molar-refractivity contribution in [1.82, 2.24) is 15.6 Å². The Morgan fingerprint density at radius 2 is 2.40 bits per heavy atom. The van der Waals surface area contributed by atoms with Crippen LogP contribution in [0.25, 0.3) is 0 Å². The van der Waals surface area contributed by atoms with E-state index in [2.05, 4.69) is 15.6 Å². The molecule has 1 rings (SSSR count). The molecule has 0 aromatic carbocycles. The fourth-order valence-electron chi connectivity index (χ4n) is 1.00. The molecule has 0 bridgehead atoms. The zero-order chi connectivity index (χ0) is 11.3. The highest BCUT2D eigenvalue weighted by Gasteiger charge is 2.11. The Kier molecular flexibility index (Phi) is 4.17. The van der Waals surface area contributed by atoms with Gasteiger partial charge in [0.15, 0.2) is 5.82 Å². The second-order valence-electron chi connectivity index (χ2n) is 3.26. The maximum Gasteiger partial charge on any atom is 0.254 e. The van der Waals surface area contributed by atoms with Crippen molar-refractivity contribution in [3.63, 3.8) is 0 Å². The largest absolute Gasteiger partial charge is 0.350 e. The van der Waals surface area contributed by atoms with Gasteiger partial charge in [0.25, 0.3) is 5.91 Å². The second kappa shape index (κ2) is 5.41. The maximum atomic E-state index is 13.1. The minimum absolute atomic E-state index is 0.0216. The van der Waals surface area contributed by atoms with E-state index in [1.165, 1.54) is 12.3 Å². The summed E-state index contributed by atoms with van der Waals surface area (Å²) in [6.07, 6.45) is 2.41. The van der Waals surface area contributed by atoms with Crippen LogP contribution >= 0.6 is 0 Å². The fourth-order valence-corrected chi connectivity index (χ4v) is 1.00. The molecule has 4 nitrogen and oxygen atoms in total. The SMILES string of the molecule is CNC(C)CNC(=O)c1ccncc1F. The third-order valence-electron chi connectivity index (χ3n) is 2.08. The molecule has 1 atom stereocenters. The number of nitrogens with zero attached hydrogens (tertiary/aromatic N) is 1. The van der Waals surface area contributed by atoms with Gasteiger partial charge in [-0.05, 0) is 20.0 Å². The van der Waals surface area contributed by atoms with Gasteiger partial charge in [-0.1, -0.05) is 0 Å². The number of hydrogen-bond donors (Lipinski definition) is 2. The van der Waals surface area contributed by atoms with Crippen LogP contribution in [0.5, 0.6) is 0 Å². The third-order valence-corrected chi connectivity index (χ3v) is 2.08. The zero-order valence-electron chi connectivity index (χ0n) is 8.75. The second-order valence-corrected chi connectivity index (χ2v) is 3.26. The minimum Gasteiger partial charge on any atom is -0.350 e. The topological polar surface area (TPSA) is 54.0 Å². The van der Waals surface area contributed by atoms with Crippen molar-refractivity contribution in [3.05, 3.63) is 29.8 Å². The van der Waals surface area contributed by atoms with Crippen molar-refractivity contribution in [3.8, 4) is 0 Å². The lowest BCUT2D eigenvalue weighted by Gasteiger charge is -2.11. The number of carbonyl (C=O) groups excluding carboxylic acids is 1. The van der Waals surface area contributed by atoms with Crippen LogP contribution in [0.1, 0.15) is 17.3 Å². The number of amides is 1. The van der Waals surface area contributed by atoms with Gasteiger partial charge in [-0.25, -0.2) is 4.39 Å². The lowest BCUT2D eigenvalue weighted by molar-refractivity contribution is 0.0946. The Hall–Kier alpha value is -1.49. The van der Waals surface area contributed by atoms with Crippen LogP contribution in [0.15, 0.2) is 18.5 Å². The monoisotopic (exact) mass is 211 g/mol. The number of pyridine rings is 1. The van der Waals surface area contributed by atoms with Gasteiger partial charge in [0.2, 0.25) is 0 Å². The molecule has 1 unspecified atom stereocenters. The van der Waals surface area contributed by atoms with Gasteiger partial charge < -0.3 is 10.6 Å². The van der Waals surface area contributed by atoms with Gasteiger partial charge in [-0.3, -0.25) is 9.78 Å². The Balaban J connectivity index is 2.58. The molecule has 0 aliphatic rings. The van der Waals surface area contributed by atoms with Crippen molar-refractivity contribution in [2.45, 2.75) is 13.0 Å². The number of hydrogen-bond acceptors (Lipinski definition) is 3. The summed E-state index contributed by atoms with van der Waals surface area (Å²) in [5.41, 5.74) is 0.0216. The van der Waals surface area contributed by atoms with Gasteiger partial charge in [-0.2, -0.15) is 0 Å². The van der Waals surface area contributed by atoms with E-state index >= 15 is 0 Å². The average molecular weight is 211 g/mol. The van der Waals surface area contributed by atoms with Crippen molar-refractivity contribution in [1.29, 1.82) is 0 Å². The molecule has 0 saturated heterocycles. The van der Waals surface area contributed by atoms with Gasteiger partial charge in [0.1, 0.15) is 0 Å². The first-order valence-electron chi connectivity index (χ1n) is 4.70. The highest BCUT2D eigenvalue weighted by molar-refractivity contribution is 5.94. The van der Waals surface area contributed by atoms with Crippen LogP contribution in [0.3, 0.4) is 0 Å². The molecule has 5 heteroatoms. The molecule has 2 N–H and O–H groups in total. The molecule has 0 fully saturated rings. The lowest BCUT2D eigenvalue weighted by atomic mass is 10.2.